The molecule has 0 heterocycles. The van der Waals surface area contributed by atoms with Crippen LogP contribution in [0.1, 0.15) is 156 Å². The van der Waals surface area contributed by atoms with Gasteiger partial charge in [-0.3, -0.25) is 0 Å². The van der Waals surface area contributed by atoms with E-state index in [4.69, 9.17) is 5.73 Å². The maximum atomic E-state index is 7.24. The highest BCUT2D eigenvalue weighted by Crippen LogP contribution is 2.35. The van der Waals surface area contributed by atoms with E-state index in [1.165, 1.54) is 128 Å². The van der Waals surface area contributed by atoms with Gasteiger partial charge >= 0.3 is 0 Å². The second-order valence-electron chi connectivity index (χ2n) is 9.25. The fraction of sp³-hybridized carbons (Fsp3) is 1.00. The minimum Gasteiger partial charge on any atom is -0.325 e. The molecule has 0 amide bonds. The Kier molecular flexibility index (Phi) is 23.9. The zero-order valence-electron chi connectivity index (χ0n) is 20.2. The topological polar surface area (TPSA) is 26.0 Å². The number of hydrogen-bond acceptors (Lipinski definition) is 1. The van der Waals surface area contributed by atoms with Gasteiger partial charge in [0, 0.05) is 5.54 Å². The van der Waals surface area contributed by atoms with Gasteiger partial charge < -0.3 is 5.73 Å². The van der Waals surface area contributed by atoms with Crippen molar-refractivity contribution in [3.05, 3.63) is 0 Å². The molecule has 172 valence electrons. The first-order chi connectivity index (χ1) is 13.1. The van der Waals surface area contributed by atoms with Crippen molar-refractivity contribution in [2.45, 2.75) is 162 Å². The number of unbranched alkanes of at least 4 members (excludes halogenated alkanes) is 12. The van der Waals surface area contributed by atoms with Crippen LogP contribution in [0.5, 0.6) is 0 Å². The van der Waals surface area contributed by atoms with Crippen molar-refractivity contribution < 1.29 is 0 Å². The van der Waals surface area contributed by atoms with Crippen molar-refractivity contribution in [3.8, 4) is 0 Å². The van der Waals surface area contributed by atoms with Crippen LogP contribution in [-0.4, -0.2) is 5.54 Å². The number of halogens is 1. The molecule has 2 heteroatoms. The van der Waals surface area contributed by atoms with Crippen molar-refractivity contribution in [2.75, 3.05) is 0 Å². The molecule has 0 rings (SSSR count). The molecular formula is C26H56ClN. The third kappa shape index (κ3) is 16.1. The summed E-state index contributed by atoms with van der Waals surface area (Å²) in [7, 11) is 0. The molecule has 0 saturated heterocycles. The smallest absolute Gasteiger partial charge is 0.0182 e. The Morgan fingerprint density at radius 1 is 0.500 bits per heavy atom. The summed E-state index contributed by atoms with van der Waals surface area (Å²) in [4.78, 5) is 0. The molecule has 28 heavy (non-hydrogen) atoms. The minimum atomic E-state index is 0. The number of rotatable bonds is 21. The lowest BCUT2D eigenvalue weighted by Gasteiger charge is -2.39. The van der Waals surface area contributed by atoms with E-state index >= 15 is 0 Å². The van der Waals surface area contributed by atoms with Gasteiger partial charge in [-0.1, -0.05) is 130 Å². The van der Waals surface area contributed by atoms with Crippen LogP contribution in [0, 0.1) is 5.92 Å². The van der Waals surface area contributed by atoms with Gasteiger partial charge in [-0.25, -0.2) is 0 Å². The van der Waals surface area contributed by atoms with E-state index in [0.717, 1.165) is 5.92 Å². The second-order valence-corrected chi connectivity index (χ2v) is 9.25. The number of hydrogen-bond donors (Lipinski definition) is 1. The molecule has 0 fully saturated rings. The lowest BCUT2D eigenvalue weighted by Crippen LogP contribution is -2.47. The Balaban J connectivity index is 0. The summed E-state index contributed by atoms with van der Waals surface area (Å²) in [6, 6.07) is 0. The zero-order chi connectivity index (χ0) is 20.2. The lowest BCUT2D eigenvalue weighted by molar-refractivity contribution is 0.190. The molecule has 0 saturated carbocycles. The van der Waals surface area contributed by atoms with E-state index in [1.54, 1.807) is 0 Å². The van der Waals surface area contributed by atoms with Crippen molar-refractivity contribution in [3.63, 3.8) is 0 Å². The normalized spacial score (nSPS) is 11.8. The molecule has 0 unspecified atom stereocenters. The van der Waals surface area contributed by atoms with Crippen LogP contribution in [0.15, 0.2) is 0 Å². The molecule has 0 aliphatic carbocycles. The van der Waals surface area contributed by atoms with Crippen LogP contribution in [0.25, 0.3) is 0 Å². The minimum absolute atomic E-state index is 0. The second kappa shape index (κ2) is 21.9. The Morgan fingerprint density at radius 3 is 1.14 bits per heavy atom. The quantitative estimate of drug-likeness (QED) is 0.185. The summed E-state index contributed by atoms with van der Waals surface area (Å²) in [6.45, 7) is 9.25. The molecule has 0 aliphatic rings. The van der Waals surface area contributed by atoms with Crippen LogP contribution in [0.4, 0.5) is 0 Å². The lowest BCUT2D eigenvalue weighted by atomic mass is 9.72. The third-order valence-electron chi connectivity index (χ3n) is 6.62. The van der Waals surface area contributed by atoms with E-state index in [-0.39, 0.29) is 17.9 Å². The molecule has 1 nitrogen and oxygen atoms in total. The van der Waals surface area contributed by atoms with Crippen molar-refractivity contribution >= 4 is 12.4 Å². The van der Waals surface area contributed by atoms with Gasteiger partial charge in [0.2, 0.25) is 0 Å². The molecule has 0 aromatic carbocycles. The summed E-state index contributed by atoms with van der Waals surface area (Å²) >= 11 is 0. The predicted molar refractivity (Wildman–Crippen MR) is 133 cm³/mol. The summed E-state index contributed by atoms with van der Waals surface area (Å²) in [5.74, 6) is 0.759. The molecular weight excluding hydrogens is 362 g/mol. The summed E-state index contributed by atoms with van der Waals surface area (Å²) < 4.78 is 0. The molecule has 0 radical (unpaired) electrons. The van der Waals surface area contributed by atoms with Gasteiger partial charge in [0.25, 0.3) is 0 Å². The first-order valence-electron chi connectivity index (χ1n) is 12.9. The van der Waals surface area contributed by atoms with E-state index in [2.05, 4.69) is 27.7 Å². The summed E-state index contributed by atoms with van der Waals surface area (Å²) in [5, 5.41) is 0. The Bertz CT molecular complexity index is 268. The molecule has 0 aromatic rings. The van der Waals surface area contributed by atoms with Gasteiger partial charge in [0.15, 0.2) is 0 Å². The van der Waals surface area contributed by atoms with Gasteiger partial charge in [-0.2, -0.15) is 0 Å². The van der Waals surface area contributed by atoms with Crippen molar-refractivity contribution in [2.24, 2.45) is 11.7 Å². The van der Waals surface area contributed by atoms with Gasteiger partial charge in [-0.15, -0.1) is 12.4 Å². The molecule has 0 bridgehead atoms. The standard InChI is InChI=1S/C26H55N.ClH/c1-5-9-13-17-21-25(22-18-14-10-6-2)26(27,23-19-15-11-7-3)24-20-16-12-8-4;/h25H,5-24,27H2,1-4H3;1H. The van der Waals surface area contributed by atoms with E-state index in [9.17, 15) is 0 Å². The highest BCUT2D eigenvalue weighted by molar-refractivity contribution is 5.85. The predicted octanol–water partition coefficient (Wildman–Crippen LogP) is 9.60. The van der Waals surface area contributed by atoms with Crippen LogP contribution < -0.4 is 5.73 Å². The van der Waals surface area contributed by atoms with Crippen LogP contribution in [0.2, 0.25) is 0 Å². The first-order valence-corrected chi connectivity index (χ1v) is 12.9. The SMILES string of the molecule is CCCCCCC(CCCCCC)C(N)(CCCCCC)CCCCCC.Cl. The third-order valence-corrected chi connectivity index (χ3v) is 6.62. The zero-order valence-corrected chi connectivity index (χ0v) is 21.0. The molecule has 0 aliphatic heterocycles. The maximum absolute atomic E-state index is 7.24. The monoisotopic (exact) mass is 417 g/mol. The molecule has 0 spiro atoms. The number of nitrogens with two attached hydrogens (primary N) is 1. The molecule has 2 N–H and O–H groups in total. The van der Waals surface area contributed by atoms with E-state index in [0.29, 0.717) is 0 Å². The Labute approximate surface area is 185 Å². The average molecular weight is 418 g/mol. The van der Waals surface area contributed by atoms with Crippen LogP contribution in [0.3, 0.4) is 0 Å². The summed E-state index contributed by atoms with van der Waals surface area (Å²) in [6.07, 6.45) is 27.2. The highest BCUT2D eigenvalue weighted by atomic mass is 35.5. The average Bonchev–Trinajstić information content (AvgIpc) is 2.67. The van der Waals surface area contributed by atoms with Crippen LogP contribution in [-0.2, 0) is 0 Å². The van der Waals surface area contributed by atoms with Crippen molar-refractivity contribution in [1.82, 2.24) is 0 Å². The Morgan fingerprint density at radius 2 is 0.821 bits per heavy atom. The highest BCUT2D eigenvalue weighted by Gasteiger charge is 2.33. The molecule has 0 atom stereocenters. The molecule has 0 aromatic heterocycles. The van der Waals surface area contributed by atoms with Crippen LogP contribution >= 0.6 is 12.4 Å². The van der Waals surface area contributed by atoms with Gasteiger partial charge in [0.05, 0.1) is 0 Å². The van der Waals surface area contributed by atoms with Gasteiger partial charge in [-0.05, 0) is 31.6 Å². The van der Waals surface area contributed by atoms with E-state index < -0.39 is 0 Å². The largest absolute Gasteiger partial charge is 0.325 e. The summed E-state index contributed by atoms with van der Waals surface area (Å²) in [5.41, 5.74) is 7.35. The van der Waals surface area contributed by atoms with Crippen molar-refractivity contribution in [1.29, 1.82) is 0 Å². The fourth-order valence-electron chi connectivity index (χ4n) is 4.65. The van der Waals surface area contributed by atoms with E-state index in [1.807, 2.05) is 0 Å². The first kappa shape index (κ1) is 30.4. The fourth-order valence-corrected chi connectivity index (χ4v) is 4.65. The van der Waals surface area contributed by atoms with Gasteiger partial charge in [0.1, 0.15) is 0 Å². The maximum Gasteiger partial charge on any atom is 0.0182 e. The Hall–Kier alpha value is 0.250.